The number of hydrogen-bond acceptors (Lipinski definition) is 3. The summed E-state index contributed by atoms with van der Waals surface area (Å²) in [4.78, 5) is 11.0. The smallest absolute Gasteiger partial charge is 0.290 e. The van der Waals surface area contributed by atoms with Gasteiger partial charge in [0, 0.05) is 4.91 Å². The van der Waals surface area contributed by atoms with Gasteiger partial charge < -0.3 is 9.84 Å². The van der Waals surface area contributed by atoms with E-state index in [0.717, 1.165) is 0 Å². The minimum atomic E-state index is -0.250. The Morgan fingerprint density at radius 2 is 2.36 bits per heavy atom. The molecule has 6 heteroatoms. The van der Waals surface area contributed by atoms with Crippen LogP contribution >= 0.6 is 0 Å². The zero-order chi connectivity index (χ0) is 8.69. The van der Waals surface area contributed by atoms with Gasteiger partial charge in [-0.15, -0.1) is 0 Å². The van der Waals surface area contributed by atoms with Gasteiger partial charge in [-0.3, -0.25) is 4.79 Å². The first-order chi connectivity index (χ1) is 5.26. The van der Waals surface area contributed by atoms with Crippen LogP contribution in [0.15, 0.2) is 5.11 Å². The highest BCUT2D eigenvalue weighted by molar-refractivity contribution is 5.32. The summed E-state index contributed by atoms with van der Waals surface area (Å²) in [5, 5.41) is 10.2. The Labute approximate surface area is 63.4 Å². The SMILES string of the molecule is CC1OC1CN=[N+]=[N-].O=CO. The summed E-state index contributed by atoms with van der Waals surface area (Å²) in [5.74, 6) is 0. The maximum Gasteiger partial charge on any atom is 0.290 e. The van der Waals surface area contributed by atoms with E-state index in [4.69, 9.17) is 20.2 Å². The molecule has 62 valence electrons. The maximum absolute atomic E-state index is 8.36. The van der Waals surface area contributed by atoms with Gasteiger partial charge in [0.25, 0.3) is 6.47 Å². The van der Waals surface area contributed by atoms with Crippen LogP contribution in [0, 0.1) is 0 Å². The molecule has 1 heterocycles. The number of hydrogen-bond donors (Lipinski definition) is 1. The van der Waals surface area contributed by atoms with Crippen LogP contribution in [0.4, 0.5) is 0 Å². The van der Waals surface area contributed by atoms with Crippen molar-refractivity contribution < 1.29 is 14.6 Å². The Kier molecular flexibility index (Phi) is 4.89. The monoisotopic (exact) mass is 159 g/mol. The topological polar surface area (TPSA) is 98.6 Å². The van der Waals surface area contributed by atoms with Gasteiger partial charge in [0.15, 0.2) is 0 Å². The minimum Gasteiger partial charge on any atom is -0.483 e. The molecule has 0 aromatic carbocycles. The Morgan fingerprint density at radius 1 is 1.91 bits per heavy atom. The molecular weight excluding hydrogens is 150 g/mol. The van der Waals surface area contributed by atoms with Crippen molar-refractivity contribution in [3.63, 3.8) is 0 Å². The molecule has 1 fully saturated rings. The van der Waals surface area contributed by atoms with Gasteiger partial charge in [0.05, 0.1) is 18.8 Å². The molecule has 0 aliphatic carbocycles. The first kappa shape index (κ1) is 9.74. The highest BCUT2D eigenvalue weighted by atomic mass is 16.6. The van der Waals surface area contributed by atoms with Gasteiger partial charge in [-0.2, -0.15) is 0 Å². The standard InChI is InChI=1S/C4H7N3O.CH2O2/c1-3-4(8-3)2-6-7-5;2-1-3/h3-4H,2H2,1H3;1H,(H,2,3). The van der Waals surface area contributed by atoms with Crippen molar-refractivity contribution >= 4 is 6.47 Å². The van der Waals surface area contributed by atoms with Crippen molar-refractivity contribution in [3.8, 4) is 0 Å². The molecule has 1 saturated heterocycles. The molecular formula is C5H9N3O3. The second-order valence-corrected chi connectivity index (χ2v) is 1.90. The highest BCUT2D eigenvalue weighted by Gasteiger charge is 2.32. The van der Waals surface area contributed by atoms with Crippen molar-refractivity contribution in [2.75, 3.05) is 6.54 Å². The number of epoxide rings is 1. The van der Waals surface area contributed by atoms with E-state index in [-0.39, 0.29) is 12.6 Å². The zero-order valence-electron chi connectivity index (χ0n) is 6.04. The van der Waals surface area contributed by atoms with E-state index >= 15 is 0 Å². The van der Waals surface area contributed by atoms with E-state index in [0.29, 0.717) is 12.6 Å². The van der Waals surface area contributed by atoms with E-state index in [2.05, 4.69) is 10.0 Å². The van der Waals surface area contributed by atoms with Crippen LogP contribution in [0.1, 0.15) is 6.92 Å². The predicted molar refractivity (Wildman–Crippen MR) is 37.0 cm³/mol. The van der Waals surface area contributed by atoms with Crippen LogP contribution in [0.3, 0.4) is 0 Å². The molecule has 1 aliphatic heterocycles. The van der Waals surface area contributed by atoms with Crippen molar-refractivity contribution in [2.24, 2.45) is 5.11 Å². The second kappa shape index (κ2) is 5.52. The van der Waals surface area contributed by atoms with Crippen molar-refractivity contribution in [3.05, 3.63) is 10.4 Å². The van der Waals surface area contributed by atoms with E-state index in [1.54, 1.807) is 0 Å². The van der Waals surface area contributed by atoms with Crippen molar-refractivity contribution in [1.29, 1.82) is 0 Å². The zero-order valence-corrected chi connectivity index (χ0v) is 6.04. The van der Waals surface area contributed by atoms with Gasteiger partial charge in [-0.25, -0.2) is 0 Å². The molecule has 1 aliphatic rings. The van der Waals surface area contributed by atoms with E-state index in [9.17, 15) is 0 Å². The predicted octanol–water partition coefficient (Wildman–Crippen LogP) is 0.785. The fraction of sp³-hybridized carbons (Fsp3) is 0.800. The molecule has 11 heavy (non-hydrogen) atoms. The minimum absolute atomic E-state index is 0.200. The number of ether oxygens (including phenoxy) is 1. The lowest BCUT2D eigenvalue weighted by atomic mass is 10.3. The van der Waals surface area contributed by atoms with Gasteiger partial charge in [-0.1, -0.05) is 5.11 Å². The van der Waals surface area contributed by atoms with E-state index in [1.165, 1.54) is 0 Å². The summed E-state index contributed by atoms with van der Waals surface area (Å²) in [7, 11) is 0. The van der Waals surface area contributed by atoms with Crippen LogP contribution in [-0.4, -0.2) is 30.3 Å². The first-order valence-electron chi connectivity index (χ1n) is 3.00. The summed E-state index contributed by atoms with van der Waals surface area (Å²) < 4.78 is 4.95. The maximum atomic E-state index is 8.36. The summed E-state index contributed by atoms with van der Waals surface area (Å²) in [6.07, 6.45) is 0.506. The fourth-order valence-corrected chi connectivity index (χ4v) is 0.539. The van der Waals surface area contributed by atoms with E-state index < -0.39 is 0 Å². The molecule has 0 saturated carbocycles. The number of carboxylic acid groups (broad SMARTS) is 1. The second-order valence-electron chi connectivity index (χ2n) is 1.90. The van der Waals surface area contributed by atoms with Crippen LogP contribution in [-0.2, 0) is 9.53 Å². The highest BCUT2D eigenvalue weighted by Crippen LogP contribution is 2.20. The lowest BCUT2D eigenvalue weighted by molar-refractivity contribution is -0.122. The van der Waals surface area contributed by atoms with Crippen LogP contribution in [0.25, 0.3) is 10.4 Å². The van der Waals surface area contributed by atoms with Crippen LogP contribution in [0.5, 0.6) is 0 Å². The Bertz CT molecular complexity index is 166. The number of rotatable bonds is 2. The molecule has 1 rings (SSSR count). The summed E-state index contributed by atoms with van der Waals surface area (Å²) in [6, 6.07) is 0. The van der Waals surface area contributed by atoms with Crippen molar-refractivity contribution in [2.45, 2.75) is 19.1 Å². The molecule has 0 aromatic heterocycles. The first-order valence-corrected chi connectivity index (χ1v) is 3.00. The lowest BCUT2D eigenvalue weighted by Crippen LogP contribution is -1.91. The quantitative estimate of drug-likeness (QED) is 0.212. The molecule has 0 bridgehead atoms. The van der Waals surface area contributed by atoms with Gasteiger partial charge in [0.1, 0.15) is 0 Å². The third-order valence-electron chi connectivity index (χ3n) is 1.16. The number of nitrogens with zero attached hydrogens (tertiary/aromatic N) is 3. The summed E-state index contributed by atoms with van der Waals surface area (Å²) >= 11 is 0. The molecule has 0 radical (unpaired) electrons. The molecule has 2 unspecified atom stereocenters. The fourth-order valence-electron chi connectivity index (χ4n) is 0.539. The van der Waals surface area contributed by atoms with Gasteiger partial charge in [-0.05, 0) is 12.5 Å². The Balaban J connectivity index is 0.000000292. The van der Waals surface area contributed by atoms with Crippen LogP contribution < -0.4 is 0 Å². The molecule has 1 N–H and O–H groups in total. The summed E-state index contributed by atoms with van der Waals surface area (Å²) in [5.41, 5.74) is 7.83. The average molecular weight is 159 g/mol. The lowest BCUT2D eigenvalue weighted by Gasteiger charge is -1.74. The van der Waals surface area contributed by atoms with E-state index in [1.807, 2.05) is 6.92 Å². The van der Waals surface area contributed by atoms with Crippen molar-refractivity contribution in [1.82, 2.24) is 0 Å². The normalized spacial score (nSPS) is 25.5. The number of carbonyl (C=O) groups is 1. The van der Waals surface area contributed by atoms with Crippen LogP contribution in [0.2, 0.25) is 0 Å². The van der Waals surface area contributed by atoms with Gasteiger partial charge in [0.2, 0.25) is 0 Å². The largest absolute Gasteiger partial charge is 0.483 e. The molecule has 0 amide bonds. The third kappa shape index (κ3) is 5.20. The Morgan fingerprint density at radius 3 is 2.64 bits per heavy atom. The molecule has 0 aromatic rings. The molecule has 0 spiro atoms. The third-order valence-corrected chi connectivity index (χ3v) is 1.16. The molecule has 2 atom stereocenters. The molecule has 6 nitrogen and oxygen atoms in total. The average Bonchev–Trinajstić information content (AvgIpc) is 2.64. The summed E-state index contributed by atoms with van der Waals surface area (Å²) in [6.45, 7) is 2.19. The number of azide groups is 1. The Hall–Kier alpha value is -1.26. The van der Waals surface area contributed by atoms with Gasteiger partial charge >= 0.3 is 0 Å².